The van der Waals surface area contributed by atoms with Crippen molar-refractivity contribution in [1.82, 2.24) is 15.0 Å². The van der Waals surface area contributed by atoms with Crippen molar-refractivity contribution >= 4 is 25.3 Å². The van der Waals surface area contributed by atoms with E-state index in [0.717, 1.165) is 31.5 Å². The fourth-order valence-corrected chi connectivity index (χ4v) is 2.55. The summed E-state index contributed by atoms with van der Waals surface area (Å²) in [6.07, 6.45) is 10.1. The second-order valence-corrected chi connectivity index (χ2v) is 5.83. The van der Waals surface area contributed by atoms with Crippen LogP contribution in [0.5, 0.6) is 0 Å². The molecule has 0 radical (unpaired) electrons. The maximum atomic E-state index is 5.50. The zero-order chi connectivity index (χ0) is 14.8. The first-order chi connectivity index (χ1) is 9.58. The van der Waals surface area contributed by atoms with Crippen molar-refractivity contribution in [1.29, 1.82) is 0 Å². The molecule has 4 N–H and O–H groups in total. The van der Waals surface area contributed by atoms with Gasteiger partial charge in [-0.1, -0.05) is 38.5 Å². The number of aromatic nitrogens is 3. The lowest BCUT2D eigenvalue weighted by Crippen LogP contribution is -2.29. The van der Waals surface area contributed by atoms with Gasteiger partial charge in [0, 0.05) is 6.42 Å². The van der Waals surface area contributed by atoms with Crippen LogP contribution in [0.25, 0.3) is 0 Å². The Bertz CT molecular complexity index is 367. The van der Waals surface area contributed by atoms with E-state index in [-0.39, 0.29) is 6.17 Å². The number of rotatable bonds is 10. The van der Waals surface area contributed by atoms with Gasteiger partial charge in [0.15, 0.2) is 10.3 Å². The van der Waals surface area contributed by atoms with Crippen molar-refractivity contribution in [3.8, 4) is 0 Å². The lowest BCUT2D eigenvalue weighted by atomic mass is 10.1. The number of unbranched alkanes of at least 4 members (excludes halogenated alkanes) is 6. The molecular formula is C13H25N5S2. The summed E-state index contributed by atoms with van der Waals surface area (Å²) in [6.45, 7) is 0. The minimum absolute atomic E-state index is 0.149. The van der Waals surface area contributed by atoms with E-state index in [1.165, 1.54) is 32.1 Å². The van der Waals surface area contributed by atoms with Crippen LogP contribution < -0.4 is 11.5 Å². The van der Waals surface area contributed by atoms with E-state index in [4.69, 9.17) is 11.5 Å². The molecule has 1 heterocycles. The van der Waals surface area contributed by atoms with Crippen LogP contribution in [-0.4, -0.2) is 21.1 Å². The summed E-state index contributed by atoms with van der Waals surface area (Å²) < 4.78 is 0. The molecule has 5 nitrogen and oxygen atoms in total. The summed E-state index contributed by atoms with van der Waals surface area (Å²) in [4.78, 5) is 12.3. The molecule has 0 saturated heterocycles. The first-order valence-corrected chi connectivity index (χ1v) is 8.11. The summed E-state index contributed by atoms with van der Waals surface area (Å²) in [7, 11) is 0. The number of hydrogen-bond donors (Lipinski definition) is 4. The van der Waals surface area contributed by atoms with Gasteiger partial charge < -0.3 is 11.5 Å². The highest BCUT2D eigenvalue weighted by Crippen LogP contribution is 2.11. The van der Waals surface area contributed by atoms with E-state index >= 15 is 0 Å². The van der Waals surface area contributed by atoms with E-state index in [1.807, 2.05) is 0 Å². The van der Waals surface area contributed by atoms with Gasteiger partial charge in [-0.25, -0.2) is 9.97 Å². The average molecular weight is 316 g/mol. The Hall–Kier alpha value is -0.370. The van der Waals surface area contributed by atoms with Crippen LogP contribution in [0.1, 0.15) is 57.2 Å². The van der Waals surface area contributed by atoms with Gasteiger partial charge in [-0.15, -0.1) is 25.3 Å². The maximum absolute atomic E-state index is 5.50. The fourth-order valence-electron chi connectivity index (χ4n) is 2.05. The van der Waals surface area contributed by atoms with Crippen LogP contribution >= 0.6 is 25.3 Å². The normalized spacial score (nSPS) is 11.2. The lowest BCUT2D eigenvalue weighted by Gasteiger charge is -2.05. The summed E-state index contributed by atoms with van der Waals surface area (Å²) in [5, 5.41) is 0.885. The predicted octanol–water partition coefficient (Wildman–Crippen LogP) is 2.36. The van der Waals surface area contributed by atoms with Crippen molar-refractivity contribution < 1.29 is 0 Å². The van der Waals surface area contributed by atoms with Crippen molar-refractivity contribution in [2.24, 2.45) is 11.5 Å². The third-order valence-corrected chi connectivity index (χ3v) is 3.50. The minimum Gasteiger partial charge on any atom is -0.316 e. The minimum atomic E-state index is -0.149. The first-order valence-electron chi connectivity index (χ1n) is 7.22. The van der Waals surface area contributed by atoms with Crippen LogP contribution in [0, 0.1) is 0 Å². The Labute approximate surface area is 132 Å². The summed E-state index contributed by atoms with van der Waals surface area (Å²) in [6, 6.07) is 0. The molecule has 0 unspecified atom stereocenters. The van der Waals surface area contributed by atoms with Gasteiger partial charge in [0.1, 0.15) is 5.82 Å². The van der Waals surface area contributed by atoms with Gasteiger partial charge in [-0.05, 0) is 12.8 Å². The second kappa shape index (κ2) is 10.4. The molecule has 0 bridgehead atoms. The molecule has 0 aliphatic carbocycles. The van der Waals surface area contributed by atoms with Crippen LogP contribution in [0.4, 0.5) is 0 Å². The highest BCUT2D eigenvalue weighted by atomic mass is 32.1. The topological polar surface area (TPSA) is 90.7 Å². The standard InChI is InChI=1S/C13H25N5S2/c14-10(15)8-6-4-2-1-3-5-7-9-11-16-12(19)18-13(20)17-11/h10H,1-9,14-15H2,(H2,16,17,18,19,20). The average Bonchev–Trinajstić information content (AvgIpc) is 2.35. The molecule has 0 spiro atoms. The van der Waals surface area contributed by atoms with Gasteiger partial charge >= 0.3 is 0 Å². The summed E-state index contributed by atoms with van der Waals surface area (Å²) in [5.74, 6) is 0.784. The highest BCUT2D eigenvalue weighted by Gasteiger charge is 2.01. The van der Waals surface area contributed by atoms with Crippen molar-refractivity contribution in [3.05, 3.63) is 5.82 Å². The fraction of sp³-hybridized carbons (Fsp3) is 0.769. The van der Waals surface area contributed by atoms with Crippen LogP contribution in [0.2, 0.25) is 0 Å². The molecule has 0 amide bonds. The van der Waals surface area contributed by atoms with E-state index < -0.39 is 0 Å². The molecule has 0 aliphatic rings. The maximum Gasteiger partial charge on any atom is 0.188 e. The van der Waals surface area contributed by atoms with Gasteiger partial charge in [0.25, 0.3) is 0 Å². The van der Waals surface area contributed by atoms with E-state index in [0.29, 0.717) is 10.3 Å². The molecule has 0 aromatic carbocycles. The van der Waals surface area contributed by atoms with Gasteiger partial charge in [-0.2, -0.15) is 4.98 Å². The number of aryl methyl sites for hydroxylation is 1. The molecule has 0 atom stereocenters. The molecule has 1 aromatic heterocycles. The SMILES string of the molecule is NC(N)CCCCCCCCCc1nc(S)nc(S)n1. The number of nitrogens with zero attached hydrogens (tertiary/aromatic N) is 3. The lowest BCUT2D eigenvalue weighted by molar-refractivity contribution is 0.532. The number of thiol groups is 2. The van der Waals surface area contributed by atoms with Crippen molar-refractivity contribution in [2.75, 3.05) is 0 Å². The van der Waals surface area contributed by atoms with Crippen LogP contribution in [-0.2, 0) is 6.42 Å². The van der Waals surface area contributed by atoms with E-state index in [1.54, 1.807) is 0 Å². The molecule has 1 rings (SSSR count). The Balaban J connectivity index is 1.99. The molecule has 20 heavy (non-hydrogen) atoms. The van der Waals surface area contributed by atoms with Crippen LogP contribution in [0.15, 0.2) is 10.3 Å². The monoisotopic (exact) mass is 315 g/mol. The summed E-state index contributed by atoms with van der Waals surface area (Å²) >= 11 is 8.24. The molecule has 0 saturated carbocycles. The Morgan fingerprint density at radius 1 is 0.750 bits per heavy atom. The second-order valence-electron chi connectivity index (χ2n) is 5.03. The number of hydrogen-bond acceptors (Lipinski definition) is 7. The van der Waals surface area contributed by atoms with Gasteiger partial charge in [0.2, 0.25) is 0 Å². The van der Waals surface area contributed by atoms with Crippen molar-refractivity contribution in [2.45, 2.75) is 74.3 Å². The van der Waals surface area contributed by atoms with Crippen LogP contribution in [0.3, 0.4) is 0 Å². The molecule has 0 fully saturated rings. The smallest absolute Gasteiger partial charge is 0.188 e. The third-order valence-electron chi connectivity index (χ3n) is 3.10. The van der Waals surface area contributed by atoms with Crippen molar-refractivity contribution in [3.63, 3.8) is 0 Å². The predicted molar refractivity (Wildman–Crippen MR) is 87.1 cm³/mol. The molecular weight excluding hydrogens is 290 g/mol. The third kappa shape index (κ3) is 8.73. The highest BCUT2D eigenvalue weighted by molar-refractivity contribution is 7.80. The molecule has 7 heteroatoms. The zero-order valence-corrected chi connectivity index (χ0v) is 13.6. The Morgan fingerprint density at radius 3 is 1.80 bits per heavy atom. The largest absolute Gasteiger partial charge is 0.316 e. The first kappa shape index (κ1) is 17.7. The summed E-state index contributed by atoms with van der Waals surface area (Å²) in [5.41, 5.74) is 11.0. The molecule has 114 valence electrons. The number of nitrogens with two attached hydrogens (primary N) is 2. The Morgan fingerprint density at radius 2 is 1.25 bits per heavy atom. The quantitative estimate of drug-likeness (QED) is 0.302. The van der Waals surface area contributed by atoms with E-state index in [9.17, 15) is 0 Å². The van der Waals surface area contributed by atoms with Gasteiger partial charge in [0.05, 0.1) is 6.17 Å². The molecule has 0 aliphatic heterocycles. The Kier molecular flexibility index (Phi) is 9.17. The molecule has 1 aromatic rings. The zero-order valence-electron chi connectivity index (χ0n) is 11.8. The van der Waals surface area contributed by atoms with E-state index in [2.05, 4.69) is 40.2 Å². The van der Waals surface area contributed by atoms with Gasteiger partial charge in [-0.3, -0.25) is 0 Å².